The predicted octanol–water partition coefficient (Wildman–Crippen LogP) is 6.38. The van der Waals surface area contributed by atoms with Crippen LogP contribution in [0, 0.1) is 62.1 Å². The van der Waals surface area contributed by atoms with Crippen molar-refractivity contribution in [2.24, 2.45) is 50.7 Å². The van der Waals surface area contributed by atoms with Gasteiger partial charge in [0.05, 0.1) is 18.1 Å². The summed E-state index contributed by atoms with van der Waals surface area (Å²) in [7, 11) is 1.48. The number of hydrogen-bond acceptors (Lipinski definition) is 5. The minimum Gasteiger partial charge on any atom is -0.469 e. The van der Waals surface area contributed by atoms with E-state index in [4.69, 9.17) is 4.74 Å². The summed E-state index contributed by atoms with van der Waals surface area (Å²) in [5, 5.41) is 9.91. The number of esters is 1. The van der Waals surface area contributed by atoms with Gasteiger partial charge in [0.15, 0.2) is 11.6 Å². The Kier molecular flexibility index (Phi) is 5.81. The molecule has 0 aromatic carbocycles. The molecule has 5 rings (SSSR count). The van der Waals surface area contributed by atoms with E-state index in [1.54, 1.807) is 0 Å². The molecule has 5 aliphatic rings. The Morgan fingerprint density at radius 3 is 2.38 bits per heavy atom. The van der Waals surface area contributed by atoms with Gasteiger partial charge in [-0.15, -0.1) is 0 Å². The molecule has 0 spiro atoms. The van der Waals surface area contributed by atoms with E-state index in [1.165, 1.54) is 7.11 Å². The van der Waals surface area contributed by atoms with Gasteiger partial charge in [-0.1, -0.05) is 53.2 Å². The summed E-state index contributed by atoms with van der Waals surface area (Å²) in [6.45, 7) is 13.1. The molecule has 3 fully saturated rings. The molecular weight excluding hydrogens is 462 g/mol. The monoisotopic (exact) mass is 505 g/mol. The number of nitriles is 1. The van der Waals surface area contributed by atoms with Crippen LogP contribution >= 0.6 is 0 Å². The minimum absolute atomic E-state index is 0.0193. The molecule has 0 aromatic heterocycles. The molecule has 0 saturated heterocycles. The van der Waals surface area contributed by atoms with Gasteiger partial charge in [0, 0.05) is 16.7 Å². The fraction of sp³-hybridized carbons (Fsp3) is 0.750. The zero-order chi connectivity index (χ0) is 27.2. The van der Waals surface area contributed by atoms with E-state index in [0.717, 1.165) is 50.5 Å². The van der Waals surface area contributed by atoms with Crippen molar-refractivity contribution in [2.45, 2.75) is 92.9 Å². The van der Waals surface area contributed by atoms with E-state index in [2.05, 4.69) is 33.8 Å². The molecule has 8 atom stereocenters. The van der Waals surface area contributed by atoms with Gasteiger partial charge in [0.1, 0.15) is 6.07 Å². The van der Waals surface area contributed by atoms with E-state index in [1.807, 2.05) is 26.0 Å². The lowest BCUT2D eigenvalue weighted by atomic mass is 9.38. The first-order valence-electron chi connectivity index (χ1n) is 14.3. The molecule has 0 bridgehead atoms. The Bertz CT molecular complexity index is 1170. The van der Waals surface area contributed by atoms with Gasteiger partial charge in [0.25, 0.3) is 0 Å². The summed E-state index contributed by atoms with van der Waals surface area (Å²) in [6, 6.07) is 2.20. The Morgan fingerprint density at radius 2 is 1.76 bits per heavy atom. The fourth-order valence-corrected chi connectivity index (χ4v) is 10.1. The molecule has 0 aromatic rings. The van der Waals surface area contributed by atoms with Crippen molar-refractivity contribution in [1.29, 1.82) is 5.26 Å². The van der Waals surface area contributed by atoms with Crippen molar-refractivity contribution in [3.63, 3.8) is 0 Å². The standard InChI is InChI=1S/C32H43NO4/c1-8-29(4)23-10-11-30(5)20-9-12-32(27(36)37-7)14-13-28(2,3)17-21(32)25(20)22(34)15-24(30)31(23,6)16-19(18-33)26(29)35/h15-16,20-21,23,25H,8-14,17H2,1-7H3/t20?,21?,23?,25?,29-,30?,31?,32?/m0/s1. The summed E-state index contributed by atoms with van der Waals surface area (Å²) < 4.78 is 5.39. The van der Waals surface area contributed by atoms with Gasteiger partial charge in [-0.05, 0) is 86.0 Å². The number of Topliss-reactive ketones (excluding diaryl/α,β-unsaturated/α-hetero) is 1. The number of hydrogen-bond donors (Lipinski definition) is 0. The minimum atomic E-state index is -0.614. The molecule has 7 unspecified atom stereocenters. The summed E-state index contributed by atoms with van der Waals surface area (Å²) in [5.41, 5.74) is -0.476. The highest BCUT2D eigenvalue weighted by Crippen LogP contribution is 2.70. The van der Waals surface area contributed by atoms with E-state index >= 15 is 0 Å². The van der Waals surface area contributed by atoms with E-state index < -0.39 is 16.2 Å². The summed E-state index contributed by atoms with van der Waals surface area (Å²) in [6.07, 6.45) is 10.5. The maximum atomic E-state index is 14.2. The summed E-state index contributed by atoms with van der Waals surface area (Å²) in [5.74, 6) is -0.0478. The third-order valence-electron chi connectivity index (χ3n) is 12.2. The first-order valence-corrected chi connectivity index (χ1v) is 14.3. The highest BCUT2D eigenvalue weighted by Gasteiger charge is 2.67. The number of allylic oxidation sites excluding steroid dienone is 4. The Hall–Kier alpha value is -2.22. The highest BCUT2D eigenvalue weighted by atomic mass is 16.5. The van der Waals surface area contributed by atoms with Crippen molar-refractivity contribution in [1.82, 2.24) is 0 Å². The number of fused-ring (bicyclic) bond motifs is 7. The third-order valence-corrected chi connectivity index (χ3v) is 12.2. The summed E-state index contributed by atoms with van der Waals surface area (Å²) >= 11 is 0. The average molecular weight is 506 g/mol. The zero-order valence-corrected chi connectivity index (χ0v) is 23.7. The molecule has 0 heterocycles. The lowest BCUT2D eigenvalue weighted by Crippen LogP contribution is -2.62. The molecule has 37 heavy (non-hydrogen) atoms. The third kappa shape index (κ3) is 3.29. The fourth-order valence-electron chi connectivity index (χ4n) is 10.1. The van der Waals surface area contributed by atoms with Crippen molar-refractivity contribution >= 4 is 17.5 Å². The van der Waals surface area contributed by atoms with Crippen molar-refractivity contribution < 1.29 is 19.1 Å². The number of rotatable bonds is 2. The van der Waals surface area contributed by atoms with Gasteiger partial charge in [-0.2, -0.15) is 5.26 Å². The Labute approximate surface area is 222 Å². The van der Waals surface area contributed by atoms with Crippen LogP contribution in [0.25, 0.3) is 0 Å². The first-order chi connectivity index (χ1) is 17.2. The van der Waals surface area contributed by atoms with Gasteiger partial charge in [-0.25, -0.2) is 0 Å². The maximum Gasteiger partial charge on any atom is 0.312 e. The quantitative estimate of drug-likeness (QED) is 0.407. The largest absolute Gasteiger partial charge is 0.469 e. The number of nitrogens with zero attached hydrogens (tertiary/aromatic N) is 1. The highest BCUT2D eigenvalue weighted by molar-refractivity contribution is 6.05. The van der Waals surface area contributed by atoms with Gasteiger partial charge < -0.3 is 4.74 Å². The number of ether oxygens (including phenoxy) is 1. The molecule has 0 radical (unpaired) electrons. The summed E-state index contributed by atoms with van der Waals surface area (Å²) in [4.78, 5) is 40.9. The van der Waals surface area contributed by atoms with Crippen LogP contribution in [0.2, 0.25) is 0 Å². The van der Waals surface area contributed by atoms with Crippen LogP contribution in [0.1, 0.15) is 92.9 Å². The molecule has 0 N–H and O–H groups in total. The second-order valence-electron chi connectivity index (χ2n) is 14.3. The van der Waals surface area contributed by atoms with Gasteiger partial charge in [0.2, 0.25) is 0 Å². The zero-order valence-electron chi connectivity index (χ0n) is 23.7. The molecule has 200 valence electrons. The molecular formula is C32H43NO4. The molecule has 5 heteroatoms. The smallest absolute Gasteiger partial charge is 0.312 e. The van der Waals surface area contributed by atoms with Crippen molar-refractivity contribution in [3.05, 3.63) is 23.3 Å². The van der Waals surface area contributed by atoms with Crippen LogP contribution in [0.4, 0.5) is 0 Å². The maximum absolute atomic E-state index is 14.2. The van der Waals surface area contributed by atoms with Crippen LogP contribution in [-0.4, -0.2) is 24.6 Å². The molecule has 5 aliphatic carbocycles. The topological polar surface area (TPSA) is 84.2 Å². The second-order valence-corrected chi connectivity index (χ2v) is 14.3. The molecule has 0 aliphatic heterocycles. The Morgan fingerprint density at radius 1 is 1.05 bits per heavy atom. The number of carbonyl (C=O) groups excluding carboxylic acids is 3. The second kappa shape index (κ2) is 8.14. The van der Waals surface area contributed by atoms with Crippen LogP contribution in [0.15, 0.2) is 23.3 Å². The first kappa shape index (κ1) is 26.4. The van der Waals surface area contributed by atoms with E-state index in [9.17, 15) is 19.6 Å². The van der Waals surface area contributed by atoms with Gasteiger partial charge >= 0.3 is 5.97 Å². The number of carbonyl (C=O) groups is 3. The predicted molar refractivity (Wildman–Crippen MR) is 141 cm³/mol. The lowest BCUT2D eigenvalue weighted by Gasteiger charge is -2.64. The lowest BCUT2D eigenvalue weighted by molar-refractivity contribution is -0.178. The molecule has 0 amide bonds. The number of methoxy groups -OCH3 is 1. The molecule has 5 nitrogen and oxygen atoms in total. The van der Waals surface area contributed by atoms with Crippen molar-refractivity contribution in [2.75, 3.05) is 7.11 Å². The van der Waals surface area contributed by atoms with Crippen LogP contribution in [0.5, 0.6) is 0 Å². The van der Waals surface area contributed by atoms with Crippen LogP contribution < -0.4 is 0 Å². The molecule has 3 saturated carbocycles. The van der Waals surface area contributed by atoms with E-state index in [0.29, 0.717) is 6.42 Å². The van der Waals surface area contributed by atoms with E-state index in [-0.39, 0.29) is 57.6 Å². The normalized spacial score (nSPS) is 46.2. The van der Waals surface area contributed by atoms with Crippen LogP contribution in [0.3, 0.4) is 0 Å². The van der Waals surface area contributed by atoms with Crippen molar-refractivity contribution in [3.8, 4) is 6.07 Å². The Balaban J connectivity index is 1.66. The van der Waals surface area contributed by atoms with Crippen LogP contribution in [-0.2, 0) is 19.1 Å². The van der Waals surface area contributed by atoms with Gasteiger partial charge in [-0.3, -0.25) is 14.4 Å². The SMILES string of the molecule is CC[C@]1(C)C(=O)C(C#N)=CC2(C)C3=CC(=O)C4C(CCC5(C(=O)OC)CCC(C)(C)CC45)C3(C)CCC21. The average Bonchev–Trinajstić information content (AvgIpc) is 2.86. The number of ketones is 2.